The van der Waals surface area contributed by atoms with Gasteiger partial charge in [0.05, 0.1) is 13.2 Å². The zero-order valence-corrected chi connectivity index (χ0v) is 31.2. The molecule has 0 aromatic rings. The molecule has 0 fully saturated rings. The van der Waals surface area contributed by atoms with Crippen LogP contribution in [0.1, 0.15) is 213 Å². The minimum absolute atomic E-state index is 0.316. The number of phosphoric ester groups is 1. The molecule has 0 rings (SSSR count). The standard InChI is InChI=1S/C38H80NO4P/c1-4-7-10-13-16-19-24-29-34-39(35-30-25-20-17-14-11-8-5-2)36-31-26-21-23-28-33-38-43-44(40,41)42-37-32-27-22-18-15-12-9-6-3/h4-38H2,1-3H3,(H,40,41). The second-order valence-corrected chi connectivity index (χ2v) is 15.0. The van der Waals surface area contributed by atoms with E-state index >= 15 is 0 Å². The average molecular weight is 646 g/mol. The van der Waals surface area contributed by atoms with Crippen LogP contribution < -0.4 is 0 Å². The van der Waals surface area contributed by atoms with Crippen LogP contribution in [0.25, 0.3) is 0 Å². The van der Waals surface area contributed by atoms with Gasteiger partial charge >= 0.3 is 7.82 Å². The van der Waals surface area contributed by atoms with Crippen LogP contribution >= 0.6 is 7.82 Å². The third-order valence-electron chi connectivity index (χ3n) is 9.03. The summed E-state index contributed by atoms with van der Waals surface area (Å²) < 4.78 is 22.5. The summed E-state index contributed by atoms with van der Waals surface area (Å²) in [5.41, 5.74) is 0. The van der Waals surface area contributed by atoms with Gasteiger partial charge in [-0.25, -0.2) is 4.57 Å². The molecule has 0 saturated carbocycles. The van der Waals surface area contributed by atoms with E-state index in [0.717, 1.165) is 25.7 Å². The largest absolute Gasteiger partial charge is 0.472 e. The van der Waals surface area contributed by atoms with E-state index in [1.165, 1.54) is 187 Å². The van der Waals surface area contributed by atoms with Gasteiger partial charge in [-0.05, 0) is 51.7 Å². The topological polar surface area (TPSA) is 59.0 Å². The lowest BCUT2D eigenvalue weighted by molar-refractivity contribution is 0.145. The first-order valence-corrected chi connectivity index (χ1v) is 21.4. The van der Waals surface area contributed by atoms with Gasteiger partial charge in [-0.3, -0.25) is 9.05 Å². The molecule has 0 radical (unpaired) electrons. The molecule has 0 aliphatic carbocycles. The van der Waals surface area contributed by atoms with Crippen LogP contribution in [0.15, 0.2) is 0 Å². The van der Waals surface area contributed by atoms with Gasteiger partial charge in [0, 0.05) is 0 Å². The Kier molecular flexibility index (Phi) is 36.0. The van der Waals surface area contributed by atoms with E-state index in [-0.39, 0.29) is 0 Å². The van der Waals surface area contributed by atoms with E-state index in [9.17, 15) is 9.46 Å². The summed E-state index contributed by atoms with van der Waals surface area (Å²) in [6, 6.07) is 0. The van der Waals surface area contributed by atoms with Crippen LogP contribution in [0.5, 0.6) is 0 Å². The molecular formula is C38H80NO4P. The van der Waals surface area contributed by atoms with Crippen LogP contribution in [0.2, 0.25) is 0 Å². The Labute approximate surface area is 277 Å². The molecule has 0 aromatic carbocycles. The Morgan fingerprint density at radius 2 is 0.614 bits per heavy atom. The fraction of sp³-hybridized carbons (Fsp3) is 1.00. The minimum atomic E-state index is -3.89. The molecule has 0 spiro atoms. The van der Waals surface area contributed by atoms with Crippen LogP contribution in [-0.2, 0) is 13.6 Å². The van der Waals surface area contributed by atoms with E-state index in [4.69, 9.17) is 9.05 Å². The van der Waals surface area contributed by atoms with E-state index < -0.39 is 7.82 Å². The monoisotopic (exact) mass is 646 g/mol. The first-order chi connectivity index (χ1) is 21.6. The Balaban J connectivity index is 3.90. The molecule has 0 aromatic heterocycles. The molecular weight excluding hydrogens is 565 g/mol. The number of nitrogens with zero attached hydrogens (tertiary/aromatic N) is 1. The van der Waals surface area contributed by atoms with Gasteiger partial charge in [-0.1, -0.05) is 181 Å². The predicted octanol–water partition coefficient (Wildman–Crippen LogP) is 13.2. The smallest absolute Gasteiger partial charge is 0.303 e. The van der Waals surface area contributed by atoms with Gasteiger partial charge in [-0.2, -0.15) is 0 Å². The van der Waals surface area contributed by atoms with Crippen molar-refractivity contribution in [1.82, 2.24) is 4.90 Å². The van der Waals surface area contributed by atoms with Crippen molar-refractivity contribution >= 4 is 7.82 Å². The number of hydrogen-bond acceptors (Lipinski definition) is 4. The molecule has 5 nitrogen and oxygen atoms in total. The van der Waals surface area contributed by atoms with Crippen molar-refractivity contribution in [2.75, 3.05) is 32.8 Å². The average Bonchev–Trinajstić information content (AvgIpc) is 3.01. The fourth-order valence-electron chi connectivity index (χ4n) is 6.05. The second-order valence-electron chi connectivity index (χ2n) is 13.5. The highest BCUT2D eigenvalue weighted by molar-refractivity contribution is 7.47. The zero-order chi connectivity index (χ0) is 32.2. The molecule has 0 aliphatic heterocycles. The van der Waals surface area contributed by atoms with Crippen molar-refractivity contribution in [3.05, 3.63) is 0 Å². The van der Waals surface area contributed by atoms with Crippen molar-refractivity contribution in [1.29, 1.82) is 0 Å². The highest BCUT2D eigenvalue weighted by atomic mass is 31.2. The first-order valence-electron chi connectivity index (χ1n) is 19.9. The molecule has 1 N–H and O–H groups in total. The molecule has 0 aliphatic rings. The summed E-state index contributed by atoms with van der Waals surface area (Å²) >= 11 is 0. The van der Waals surface area contributed by atoms with Crippen LogP contribution in [0.4, 0.5) is 0 Å². The summed E-state index contributed by atoms with van der Waals surface area (Å²) in [4.78, 5) is 12.7. The Morgan fingerprint density at radius 3 is 0.886 bits per heavy atom. The number of hydrogen-bond donors (Lipinski definition) is 1. The number of rotatable bonds is 38. The van der Waals surface area contributed by atoms with Gasteiger partial charge in [-0.15, -0.1) is 0 Å². The number of phosphoric acid groups is 1. The molecule has 0 saturated heterocycles. The van der Waals surface area contributed by atoms with Crippen molar-refractivity contribution < 1.29 is 18.5 Å². The SMILES string of the molecule is CCCCCCCCCCOP(=O)(O)OCCCCCCCCN(CCCCCCCCCC)CCCCCCCCCC. The van der Waals surface area contributed by atoms with Crippen molar-refractivity contribution in [3.63, 3.8) is 0 Å². The van der Waals surface area contributed by atoms with E-state index in [1.807, 2.05) is 0 Å². The summed E-state index contributed by atoms with van der Waals surface area (Å²) in [6.45, 7) is 11.3. The Hall–Kier alpha value is 0.0700. The van der Waals surface area contributed by atoms with E-state index in [1.54, 1.807) is 0 Å². The molecule has 1 unspecified atom stereocenters. The summed E-state index contributed by atoms with van der Waals surface area (Å²) in [7, 11) is -3.89. The molecule has 1 atom stereocenters. The van der Waals surface area contributed by atoms with E-state index in [0.29, 0.717) is 13.2 Å². The Morgan fingerprint density at radius 1 is 0.386 bits per heavy atom. The molecule has 44 heavy (non-hydrogen) atoms. The number of unbranched alkanes of at least 4 members (excludes halogenated alkanes) is 26. The molecule has 0 bridgehead atoms. The van der Waals surface area contributed by atoms with Crippen molar-refractivity contribution in [2.45, 2.75) is 213 Å². The van der Waals surface area contributed by atoms with Crippen LogP contribution in [0, 0.1) is 0 Å². The summed E-state index contributed by atoms with van der Waals surface area (Å²) in [6.07, 6.45) is 38.8. The first kappa shape index (κ1) is 44.1. The van der Waals surface area contributed by atoms with Gasteiger partial charge in [0.2, 0.25) is 0 Å². The lowest BCUT2D eigenvalue weighted by Crippen LogP contribution is -2.27. The van der Waals surface area contributed by atoms with E-state index in [2.05, 4.69) is 25.7 Å². The highest BCUT2D eigenvalue weighted by Gasteiger charge is 2.19. The summed E-state index contributed by atoms with van der Waals surface area (Å²) in [5.74, 6) is 0. The third-order valence-corrected chi connectivity index (χ3v) is 10.0. The minimum Gasteiger partial charge on any atom is -0.303 e. The zero-order valence-electron chi connectivity index (χ0n) is 30.3. The van der Waals surface area contributed by atoms with Gasteiger partial charge in [0.25, 0.3) is 0 Å². The van der Waals surface area contributed by atoms with Gasteiger partial charge < -0.3 is 9.79 Å². The van der Waals surface area contributed by atoms with Gasteiger partial charge in [0.15, 0.2) is 0 Å². The molecule has 0 amide bonds. The van der Waals surface area contributed by atoms with Crippen molar-refractivity contribution in [3.8, 4) is 0 Å². The van der Waals surface area contributed by atoms with Crippen LogP contribution in [0.3, 0.4) is 0 Å². The van der Waals surface area contributed by atoms with Crippen molar-refractivity contribution in [2.24, 2.45) is 0 Å². The maximum atomic E-state index is 12.1. The highest BCUT2D eigenvalue weighted by Crippen LogP contribution is 2.43. The lowest BCUT2D eigenvalue weighted by Gasteiger charge is -2.22. The third kappa shape index (κ3) is 34.9. The predicted molar refractivity (Wildman–Crippen MR) is 194 cm³/mol. The molecule has 6 heteroatoms. The second kappa shape index (κ2) is 35.9. The maximum Gasteiger partial charge on any atom is 0.472 e. The molecule has 266 valence electrons. The quantitative estimate of drug-likeness (QED) is 0.0535. The molecule has 0 heterocycles. The summed E-state index contributed by atoms with van der Waals surface area (Å²) in [5, 5.41) is 0. The van der Waals surface area contributed by atoms with Gasteiger partial charge in [0.1, 0.15) is 0 Å². The maximum absolute atomic E-state index is 12.1. The fourth-order valence-corrected chi connectivity index (χ4v) is 6.85. The normalized spacial score (nSPS) is 13.2. The van der Waals surface area contributed by atoms with Crippen LogP contribution in [-0.4, -0.2) is 42.6 Å². The lowest BCUT2D eigenvalue weighted by atomic mass is 10.1. The Bertz CT molecular complexity index is 571.